The topological polar surface area (TPSA) is 48.4 Å². The maximum absolute atomic E-state index is 11.3. The quantitative estimate of drug-likeness (QED) is 0.564. The van der Waals surface area contributed by atoms with E-state index < -0.39 is 11.8 Å². The zero-order valence-electron chi connectivity index (χ0n) is 7.40. The van der Waals surface area contributed by atoms with Crippen LogP contribution in [0.15, 0.2) is 18.3 Å². The Labute approximate surface area is 75.5 Å². The summed E-state index contributed by atoms with van der Waals surface area (Å²) >= 11 is 0. The van der Waals surface area contributed by atoms with E-state index in [0.717, 1.165) is 0 Å². The molecule has 1 aromatic rings. The molecule has 2 rings (SSSR count). The molecule has 0 amide bonds. The van der Waals surface area contributed by atoms with Crippen molar-refractivity contribution in [3.63, 3.8) is 0 Å². The summed E-state index contributed by atoms with van der Waals surface area (Å²) in [5.41, 5.74) is 0.238. The van der Waals surface area contributed by atoms with Crippen molar-refractivity contribution in [1.29, 1.82) is 0 Å². The van der Waals surface area contributed by atoms with Crippen LogP contribution in [0.4, 0.5) is 0 Å². The van der Waals surface area contributed by atoms with E-state index in [1.54, 1.807) is 26.0 Å². The summed E-state index contributed by atoms with van der Waals surface area (Å²) in [7, 11) is 0. The molecule has 0 unspecified atom stereocenters. The van der Waals surface area contributed by atoms with Crippen LogP contribution in [0.3, 0.4) is 0 Å². The van der Waals surface area contributed by atoms with Gasteiger partial charge in [0.2, 0.25) is 5.79 Å². The predicted octanol–water partition coefficient (Wildman–Crippen LogP) is 1.37. The normalized spacial score (nSPS) is 18.5. The van der Waals surface area contributed by atoms with Crippen molar-refractivity contribution >= 4 is 5.97 Å². The van der Waals surface area contributed by atoms with Crippen LogP contribution in [0.5, 0.6) is 5.75 Å². The number of aromatic nitrogens is 1. The fraction of sp³-hybridized carbons (Fsp3) is 0.333. The second-order valence-electron chi connectivity index (χ2n) is 3.24. The van der Waals surface area contributed by atoms with Gasteiger partial charge in [0, 0.05) is 20.0 Å². The smallest absolute Gasteiger partial charge is 0.364 e. The zero-order chi connectivity index (χ0) is 9.47. The van der Waals surface area contributed by atoms with Crippen molar-refractivity contribution in [2.45, 2.75) is 19.6 Å². The first-order chi connectivity index (χ1) is 6.08. The molecular weight excluding hydrogens is 170 g/mol. The molecule has 0 aromatic carbocycles. The second kappa shape index (κ2) is 2.45. The number of fused-ring (bicyclic) bond motifs is 1. The number of rotatable bonds is 0. The summed E-state index contributed by atoms with van der Waals surface area (Å²) in [6, 6.07) is 3.41. The standard InChI is InChI=1S/C9H9NO3/c1-9(2)12-6-4-3-5-10-7(6)8(11)13-9/h3-5H,1-2H3. The summed E-state index contributed by atoms with van der Waals surface area (Å²) in [6.07, 6.45) is 1.53. The van der Waals surface area contributed by atoms with Crippen LogP contribution >= 0.6 is 0 Å². The van der Waals surface area contributed by atoms with Gasteiger partial charge in [-0.3, -0.25) is 0 Å². The number of carbonyl (C=O) groups excluding carboxylic acids is 1. The molecule has 0 saturated carbocycles. The maximum atomic E-state index is 11.3. The third-order valence-electron chi connectivity index (χ3n) is 1.66. The van der Waals surface area contributed by atoms with E-state index in [1.807, 2.05) is 0 Å². The molecule has 4 nitrogen and oxygen atoms in total. The van der Waals surface area contributed by atoms with Gasteiger partial charge in [0.05, 0.1) is 0 Å². The van der Waals surface area contributed by atoms with Crippen LogP contribution in [-0.2, 0) is 4.74 Å². The summed E-state index contributed by atoms with van der Waals surface area (Å²) in [6.45, 7) is 3.36. The Bertz CT molecular complexity index is 360. The van der Waals surface area contributed by atoms with Crippen LogP contribution in [0.2, 0.25) is 0 Å². The monoisotopic (exact) mass is 179 g/mol. The largest absolute Gasteiger partial charge is 0.450 e. The third-order valence-corrected chi connectivity index (χ3v) is 1.66. The molecule has 0 spiro atoms. The number of carbonyl (C=O) groups is 1. The fourth-order valence-corrected chi connectivity index (χ4v) is 1.18. The van der Waals surface area contributed by atoms with Gasteiger partial charge in [0.15, 0.2) is 11.4 Å². The van der Waals surface area contributed by atoms with Gasteiger partial charge in [-0.1, -0.05) is 0 Å². The molecule has 0 N–H and O–H groups in total. The lowest BCUT2D eigenvalue weighted by Gasteiger charge is -2.30. The summed E-state index contributed by atoms with van der Waals surface area (Å²) in [5.74, 6) is -0.858. The zero-order valence-corrected chi connectivity index (χ0v) is 7.40. The molecule has 0 bridgehead atoms. The van der Waals surface area contributed by atoms with Crippen LogP contribution in [0.25, 0.3) is 0 Å². The van der Waals surface area contributed by atoms with Crippen LogP contribution < -0.4 is 4.74 Å². The van der Waals surface area contributed by atoms with Crippen molar-refractivity contribution in [2.75, 3.05) is 0 Å². The first-order valence-electron chi connectivity index (χ1n) is 3.96. The van der Waals surface area contributed by atoms with E-state index in [9.17, 15) is 4.79 Å². The van der Waals surface area contributed by atoms with Crippen molar-refractivity contribution in [3.8, 4) is 5.75 Å². The van der Waals surface area contributed by atoms with Crippen LogP contribution in [0, 0.1) is 0 Å². The molecule has 0 saturated heterocycles. The lowest BCUT2D eigenvalue weighted by Crippen LogP contribution is -2.39. The minimum absolute atomic E-state index is 0.238. The first-order valence-corrected chi connectivity index (χ1v) is 3.96. The van der Waals surface area contributed by atoms with Crippen LogP contribution in [-0.4, -0.2) is 16.7 Å². The predicted molar refractivity (Wildman–Crippen MR) is 44.4 cm³/mol. The fourth-order valence-electron chi connectivity index (χ4n) is 1.18. The molecular formula is C9H9NO3. The number of hydrogen-bond donors (Lipinski definition) is 0. The van der Waals surface area contributed by atoms with Gasteiger partial charge in [-0.25, -0.2) is 9.78 Å². The highest BCUT2D eigenvalue weighted by atomic mass is 16.7. The van der Waals surface area contributed by atoms with Crippen molar-refractivity contribution < 1.29 is 14.3 Å². The number of ether oxygens (including phenoxy) is 2. The molecule has 68 valence electrons. The Morgan fingerprint density at radius 3 is 2.92 bits per heavy atom. The number of pyridine rings is 1. The third kappa shape index (κ3) is 1.35. The average molecular weight is 179 g/mol. The Morgan fingerprint density at radius 2 is 2.15 bits per heavy atom. The van der Waals surface area contributed by atoms with Gasteiger partial charge in [0.1, 0.15) is 0 Å². The minimum Gasteiger partial charge on any atom is -0.450 e. The second-order valence-corrected chi connectivity index (χ2v) is 3.24. The highest BCUT2D eigenvalue weighted by Gasteiger charge is 2.34. The van der Waals surface area contributed by atoms with Crippen molar-refractivity contribution in [3.05, 3.63) is 24.0 Å². The maximum Gasteiger partial charge on any atom is 0.364 e. The van der Waals surface area contributed by atoms with Gasteiger partial charge in [-0.2, -0.15) is 0 Å². The highest BCUT2D eigenvalue weighted by molar-refractivity contribution is 5.91. The van der Waals surface area contributed by atoms with Gasteiger partial charge >= 0.3 is 5.97 Å². The van der Waals surface area contributed by atoms with Gasteiger partial charge in [-0.15, -0.1) is 0 Å². The average Bonchev–Trinajstić information content (AvgIpc) is 2.02. The summed E-state index contributed by atoms with van der Waals surface area (Å²) in [5, 5.41) is 0. The van der Waals surface area contributed by atoms with Crippen LogP contribution in [0.1, 0.15) is 24.3 Å². The lowest BCUT2D eigenvalue weighted by atomic mass is 10.2. The Balaban J connectivity index is 2.49. The number of cyclic esters (lactones) is 1. The van der Waals surface area contributed by atoms with Crippen molar-refractivity contribution in [2.24, 2.45) is 0 Å². The van der Waals surface area contributed by atoms with E-state index in [1.165, 1.54) is 6.20 Å². The van der Waals surface area contributed by atoms with E-state index in [2.05, 4.69) is 4.98 Å². The number of nitrogens with zero attached hydrogens (tertiary/aromatic N) is 1. The van der Waals surface area contributed by atoms with Gasteiger partial charge in [0.25, 0.3) is 0 Å². The van der Waals surface area contributed by atoms with Crippen molar-refractivity contribution in [1.82, 2.24) is 4.98 Å². The SMILES string of the molecule is CC1(C)OC(=O)c2ncccc2O1. The molecule has 4 heteroatoms. The Kier molecular flexibility index (Phi) is 1.52. The van der Waals surface area contributed by atoms with E-state index >= 15 is 0 Å². The minimum atomic E-state index is -0.896. The molecule has 0 aliphatic carbocycles. The highest BCUT2D eigenvalue weighted by Crippen LogP contribution is 2.28. The Morgan fingerprint density at radius 1 is 1.38 bits per heavy atom. The molecule has 1 aliphatic heterocycles. The van der Waals surface area contributed by atoms with E-state index in [-0.39, 0.29) is 5.69 Å². The molecule has 0 atom stereocenters. The van der Waals surface area contributed by atoms with E-state index in [0.29, 0.717) is 5.75 Å². The molecule has 0 fully saturated rings. The molecule has 2 heterocycles. The number of hydrogen-bond acceptors (Lipinski definition) is 4. The molecule has 1 aromatic heterocycles. The summed E-state index contributed by atoms with van der Waals surface area (Å²) in [4.78, 5) is 15.2. The number of esters is 1. The summed E-state index contributed by atoms with van der Waals surface area (Å²) < 4.78 is 10.4. The molecule has 1 aliphatic rings. The lowest BCUT2D eigenvalue weighted by molar-refractivity contribution is -0.128. The Hall–Kier alpha value is -1.58. The van der Waals surface area contributed by atoms with Gasteiger partial charge in [-0.05, 0) is 12.1 Å². The van der Waals surface area contributed by atoms with Gasteiger partial charge < -0.3 is 9.47 Å². The molecule has 0 radical (unpaired) electrons. The first kappa shape index (κ1) is 8.04. The van der Waals surface area contributed by atoms with E-state index in [4.69, 9.17) is 9.47 Å². The molecule has 13 heavy (non-hydrogen) atoms.